The van der Waals surface area contributed by atoms with Crippen LogP contribution in [-0.2, 0) is 0 Å². The van der Waals surface area contributed by atoms with Crippen LogP contribution in [0.2, 0.25) is 0 Å². The average molecular weight is 267 g/mol. The van der Waals surface area contributed by atoms with Gasteiger partial charge in [-0.25, -0.2) is 0 Å². The predicted molar refractivity (Wildman–Crippen MR) is 86.9 cm³/mol. The van der Waals surface area contributed by atoms with Crippen molar-refractivity contribution in [1.82, 2.24) is 5.32 Å². The number of hydrogen-bond donors (Lipinski definition) is 1. The van der Waals surface area contributed by atoms with Gasteiger partial charge in [-0.2, -0.15) is 0 Å². The maximum atomic E-state index is 3.77. The average Bonchev–Trinajstić information content (AvgIpc) is 2.92. The summed E-state index contributed by atoms with van der Waals surface area (Å²) in [6.45, 7) is 5.72. The van der Waals surface area contributed by atoms with E-state index >= 15 is 0 Å². The molecule has 1 fully saturated rings. The molecule has 0 amide bonds. The Morgan fingerprint density at radius 3 is 2.50 bits per heavy atom. The number of nitrogens with one attached hydrogen (secondary N) is 1. The summed E-state index contributed by atoms with van der Waals surface area (Å²) in [5.74, 6) is 0. The van der Waals surface area contributed by atoms with Crippen LogP contribution in [0, 0.1) is 5.41 Å². The summed E-state index contributed by atoms with van der Waals surface area (Å²) >= 11 is 0. The second-order valence-electron chi connectivity index (χ2n) is 6.42. The lowest BCUT2D eigenvalue weighted by molar-refractivity contribution is 0.227. The summed E-state index contributed by atoms with van der Waals surface area (Å²) in [5, 5.41) is 6.54. The summed E-state index contributed by atoms with van der Waals surface area (Å²) in [6.07, 6.45) is 5.44. The van der Waals surface area contributed by atoms with Crippen LogP contribution in [0.3, 0.4) is 0 Å². The lowest BCUT2D eigenvalue weighted by Crippen LogP contribution is -2.34. The van der Waals surface area contributed by atoms with Gasteiger partial charge < -0.3 is 5.32 Å². The van der Waals surface area contributed by atoms with Crippen molar-refractivity contribution in [1.29, 1.82) is 0 Å². The SMILES string of the molecule is CCNC(c1cccc2ccccc12)C1(C)CCCC1. The van der Waals surface area contributed by atoms with Crippen LogP contribution in [-0.4, -0.2) is 6.54 Å². The highest BCUT2D eigenvalue weighted by Crippen LogP contribution is 2.48. The van der Waals surface area contributed by atoms with Crippen molar-refractivity contribution in [3.05, 3.63) is 48.0 Å². The van der Waals surface area contributed by atoms with Crippen molar-refractivity contribution >= 4 is 10.8 Å². The zero-order valence-corrected chi connectivity index (χ0v) is 12.7. The normalized spacial score (nSPS) is 19.3. The van der Waals surface area contributed by atoms with Crippen molar-refractivity contribution in [2.45, 2.75) is 45.6 Å². The van der Waals surface area contributed by atoms with Gasteiger partial charge in [-0.05, 0) is 41.1 Å². The molecule has 1 atom stereocenters. The molecule has 2 aromatic carbocycles. The zero-order valence-electron chi connectivity index (χ0n) is 12.7. The van der Waals surface area contributed by atoms with E-state index in [0.717, 1.165) is 6.54 Å². The lowest BCUT2D eigenvalue weighted by atomic mass is 9.76. The molecule has 20 heavy (non-hydrogen) atoms. The molecule has 1 heteroatoms. The molecule has 1 N–H and O–H groups in total. The van der Waals surface area contributed by atoms with E-state index in [9.17, 15) is 0 Å². The van der Waals surface area contributed by atoms with Crippen LogP contribution in [0.1, 0.15) is 51.1 Å². The molecule has 1 nitrogen and oxygen atoms in total. The Bertz CT molecular complexity index is 576. The number of benzene rings is 2. The van der Waals surface area contributed by atoms with E-state index in [1.807, 2.05) is 0 Å². The van der Waals surface area contributed by atoms with Crippen LogP contribution < -0.4 is 5.32 Å². The van der Waals surface area contributed by atoms with E-state index in [-0.39, 0.29) is 0 Å². The van der Waals surface area contributed by atoms with Crippen LogP contribution in [0.25, 0.3) is 10.8 Å². The molecule has 0 saturated heterocycles. The van der Waals surface area contributed by atoms with Gasteiger partial charge in [0.1, 0.15) is 0 Å². The Morgan fingerprint density at radius 1 is 1.05 bits per heavy atom. The monoisotopic (exact) mass is 267 g/mol. The smallest absolute Gasteiger partial charge is 0.0380 e. The quantitative estimate of drug-likeness (QED) is 0.815. The fourth-order valence-electron chi connectivity index (χ4n) is 3.91. The van der Waals surface area contributed by atoms with Gasteiger partial charge in [-0.1, -0.05) is 69.2 Å². The van der Waals surface area contributed by atoms with Crippen molar-refractivity contribution in [3.8, 4) is 0 Å². The van der Waals surface area contributed by atoms with Crippen molar-refractivity contribution in [2.75, 3.05) is 6.54 Å². The standard InChI is InChI=1S/C19H25N/c1-3-20-18(19(2)13-6-7-14-19)17-12-8-10-15-9-4-5-11-16(15)17/h4-5,8-12,18,20H,3,6-7,13-14H2,1-2H3. The predicted octanol–water partition coefficient (Wildman–Crippen LogP) is 5.07. The highest BCUT2D eigenvalue weighted by molar-refractivity contribution is 5.86. The molecule has 0 aliphatic heterocycles. The lowest BCUT2D eigenvalue weighted by Gasteiger charge is -2.36. The molecule has 106 valence electrons. The third kappa shape index (κ3) is 2.35. The first-order valence-corrected chi connectivity index (χ1v) is 7.96. The van der Waals surface area contributed by atoms with E-state index < -0.39 is 0 Å². The zero-order chi connectivity index (χ0) is 14.0. The summed E-state index contributed by atoms with van der Waals surface area (Å²) in [5.41, 5.74) is 1.88. The van der Waals surface area contributed by atoms with Gasteiger partial charge in [0.25, 0.3) is 0 Å². The highest BCUT2D eigenvalue weighted by atomic mass is 14.9. The summed E-state index contributed by atoms with van der Waals surface area (Å²) in [6, 6.07) is 16.0. The van der Waals surface area contributed by atoms with Crippen molar-refractivity contribution in [3.63, 3.8) is 0 Å². The fourth-order valence-corrected chi connectivity index (χ4v) is 3.91. The minimum atomic E-state index is 0.403. The topological polar surface area (TPSA) is 12.0 Å². The van der Waals surface area contributed by atoms with E-state index in [1.165, 1.54) is 42.0 Å². The molecule has 1 aliphatic carbocycles. The summed E-state index contributed by atoms with van der Waals surface area (Å²) in [7, 11) is 0. The molecule has 0 aromatic heterocycles. The first-order valence-electron chi connectivity index (χ1n) is 7.96. The molecule has 3 rings (SSSR count). The molecular weight excluding hydrogens is 242 g/mol. The molecule has 0 bridgehead atoms. The summed E-state index contributed by atoms with van der Waals surface area (Å²) < 4.78 is 0. The summed E-state index contributed by atoms with van der Waals surface area (Å²) in [4.78, 5) is 0. The molecule has 0 heterocycles. The maximum absolute atomic E-state index is 3.77. The van der Waals surface area contributed by atoms with E-state index in [1.54, 1.807) is 0 Å². The molecule has 2 aromatic rings. The molecule has 1 aliphatic rings. The van der Waals surface area contributed by atoms with Gasteiger partial charge in [-0.15, -0.1) is 0 Å². The minimum Gasteiger partial charge on any atom is -0.310 e. The second kappa shape index (κ2) is 5.57. The van der Waals surface area contributed by atoms with Crippen molar-refractivity contribution in [2.24, 2.45) is 5.41 Å². The van der Waals surface area contributed by atoms with Crippen LogP contribution >= 0.6 is 0 Å². The van der Waals surface area contributed by atoms with Gasteiger partial charge in [0.05, 0.1) is 0 Å². The molecule has 0 radical (unpaired) electrons. The maximum Gasteiger partial charge on any atom is 0.0380 e. The van der Waals surface area contributed by atoms with Gasteiger partial charge >= 0.3 is 0 Å². The van der Waals surface area contributed by atoms with Crippen LogP contribution in [0.4, 0.5) is 0 Å². The van der Waals surface area contributed by atoms with E-state index in [0.29, 0.717) is 11.5 Å². The third-order valence-electron chi connectivity index (χ3n) is 4.99. The first kappa shape index (κ1) is 13.6. The Kier molecular flexibility index (Phi) is 3.80. The molecule has 0 spiro atoms. The van der Waals surface area contributed by atoms with E-state index in [4.69, 9.17) is 0 Å². The molecular formula is C19H25N. The Labute approximate surface area is 122 Å². The van der Waals surface area contributed by atoms with Crippen molar-refractivity contribution < 1.29 is 0 Å². The number of rotatable bonds is 4. The minimum absolute atomic E-state index is 0.403. The van der Waals surface area contributed by atoms with E-state index in [2.05, 4.69) is 61.6 Å². The van der Waals surface area contributed by atoms with Gasteiger partial charge in [0, 0.05) is 6.04 Å². The van der Waals surface area contributed by atoms with Gasteiger partial charge in [0.2, 0.25) is 0 Å². The second-order valence-corrected chi connectivity index (χ2v) is 6.42. The Hall–Kier alpha value is -1.34. The largest absolute Gasteiger partial charge is 0.310 e. The number of hydrogen-bond acceptors (Lipinski definition) is 1. The Balaban J connectivity index is 2.09. The third-order valence-corrected chi connectivity index (χ3v) is 4.99. The van der Waals surface area contributed by atoms with Crippen LogP contribution in [0.15, 0.2) is 42.5 Å². The van der Waals surface area contributed by atoms with Crippen LogP contribution in [0.5, 0.6) is 0 Å². The van der Waals surface area contributed by atoms with Gasteiger partial charge in [-0.3, -0.25) is 0 Å². The van der Waals surface area contributed by atoms with Gasteiger partial charge in [0.15, 0.2) is 0 Å². The Morgan fingerprint density at radius 2 is 1.75 bits per heavy atom. The molecule has 1 saturated carbocycles. The number of fused-ring (bicyclic) bond motifs is 1. The first-order chi connectivity index (χ1) is 9.74. The fraction of sp³-hybridized carbons (Fsp3) is 0.474. The molecule has 1 unspecified atom stereocenters. The highest BCUT2D eigenvalue weighted by Gasteiger charge is 2.37.